The average Bonchev–Trinajstić information content (AvgIpc) is 3.21. The monoisotopic (exact) mass is 383 g/mol. The molecule has 0 radical (unpaired) electrons. The van der Waals surface area contributed by atoms with E-state index >= 15 is 0 Å². The fourth-order valence-electron chi connectivity index (χ4n) is 2.72. The highest BCUT2D eigenvalue weighted by Crippen LogP contribution is 2.14. The van der Waals surface area contributed by atoms with Gasteiger partial charge in [0.15, 0.2) is 5.11 Å². The zero-order chi connectivity index (χ0) is 18.9. The highest BCUT2D eigenvalue weighted by Gasteiger charge is 2.14. The molecule has 0 amide bonds. The van der Waals surface area contributed by atoms with Crippen molar-refractivity contribution in [1.82, 2.24) is 10.7 Å². The first-order chi connectivity index (χ1) is 13.2. The molecule has 1 aliphatic rings. The molecule has 2 N–H and O–H groups in total. The van der Waals surface area contributed by atoms with Gasteiger partial charge in [-0.3, -0.25) is 5.43 Å². The van der Waals surface area contributed by atoms with Crippen LogP contribution in [0.4, 0.5) is 0 Å². The van der Waals surface area contributed by atoms with Crippen LogP contribution in [0.5, 0.6) is 5.75 Å². The summed E-state index contributed by atoms with van der Waals surface area (Å²) in [4.78, 5) is 0. The molecule has 2 aromatic carbocycles. The third-order valence-corrected chi connectivity index (χ3v) is 4.54. The van der Waals surface area contributed by atoms with Crippen LogP contribution in [0, 0.1) is 6.92 Å². The van der Waals surface area contributed by atoms with Crippen LogP contribution in [0.2, 0.25) is 0 Å². The lowest BCUT2D eigenvalue weighted by Crippen LogP contribution is -2.37. The van der Waals surface area contributed by atoms with E-state index in [0.29, 0.717) is 18.3 Å². The summed E-state index contributed by atoms with van der Waals surface area (Å²) in [5.41, 5.74) is 6.19. The maximum absolute atomic E-state index is 5.81. The summed E-state index contributed by atoms with van der Waals surface area (Å²) < 4.78 is 11.3. The van der Waals surface area contributed by atoms with E-state index in [-0.39, 0.29) is 6.10 Å². The average molecular weight is 384 g/mol. The Morgan fingerprint density at radius 1 is 1.22 bits per heavy atom. The molecule has 1 atom stereocenters. The lowest BCUT2D eigenvalue weighted by molar-refractivity contribution is 0.114. The second-order valence-corrected chi connectivity index (χ2v) is 6.97. The van der Waals surface area contributed by atoms with Gasteiger partial charge in [-0.2, -0.15) is 5.10 Å². The predicted octanol–water partition coefficient (Wildman–Crippen LogP) is 3.55. The van der Waals surface area contributed by atoms with Gasteiger partial charge in [-0.15, -0.1) is 0 Å². The summed E-state index contributed by atoms with van der Waals surface area (Å²) >= 11 is 5.20. The Hall–Kier alpha value is -2.44. The number of hydrazone groups is 1. The molecule has 1 aliphatic heterocycles. The minimum absolute atomic E-state index is 0.251. The largest absolute Gasteiger partial charge is 0.489 e. The second kappa shape index (κ2) is 10.0. The molecule has 0 bridgehead atoms. The van der Waals surface area contributed by atoms with Crippen LogP contribution in [0.25, 0.3) is 0 Å². The molecular formula is C21H25N3O2S. The van der Waals surface area contributed by atoms with Crippen molar-refractivity contribution >= 4 is 23.5 Å². The van der Waals surface area contributed by atoms with Crippen LogP contribution in [-0.4, -0.2) is 30.6 Å². The number of hydrogen-bond donors (Lipinski definition) is 2. The van der Waals surface area contributed by atoms with Crippen molar-refractivity contribution in [2.45, 2.75) is 32.5 Å². The van der Waals surface area contributed by atoms with Crippen LogP contribution in [0.15, 0.2) is 53.6 Å². The van der Waals surface area contributed by atoms with E-state index in [1.54, 1.807) is 6.21 Å². The number of benzene rings is 2. The first-order valence-corrected chi connectivity index (χ1v) is 9.57. The topological polar surface area (TPSA) is 54.9 Å². The van der Waals surface area contributed by atoms with Crippen LogP contribution in [0.1, 0.15) is 29.5 Å². The van der Waals surface area contributed by atoms with Crippen molar-refractivity contribution in [2.24, 2.45) is 5.10 Å². The molecule has 2 aromatic rings. The quantitative estimate of drug-likeness (QED) is 0.435. The molecule has 5 nitrogen and oxygen atoms in total. The van der Waals surface area contributed by atoms with Gasteiger partial charge < -0.3 is 14.8 Å². The lowest BCUT2D eigenvalue weighted by atomic mass is 10.2. The van der Waals surface area contributed by atoms with Gasteiger partial charge in [0.2, 0.25) is 0 Å². The highest BCUT2D eigenvalue weighted by atomic mass is 32.1. The third-order valence-electron chi connectivity index (χ3n) is 4.30. The van der Waals surface area contributed by atoms with Crippen molar-refractivity contribution < 1.29 is 9.47 Å². The first-order valence-electron chi connectivity index (χ1n) is 9.16. The van der Waals surface area contributed by atoms with Gasteiger partial charge in [0.1, 0.15) is 12.4 Å². The Labute approximate surface area is 165 Å². The predicted molar refractivity (Wildman–Crippen MR) is 112 cm³/mol. The van der Waals surface area contributed by atoms with Crippen LogP contribution < -0.4 is 15.5 Å². The summed E-state index contributed by atoms with van der Waals surface area (Å²) in [6, 6.07) is 16.1. The molecule has 0 unspecified atom stereocenters. The van der Waals surface area contributed by atoms with E-state index in [2.05, 4.69) is 47.0 Å². The molecule has 142 valence electrons. The van der Waals surface area contributed by atoms with Crippen molar-refractivity contribution in [3.8, 4) is 5.75 Å². The second-order valence-electron chi connectivity index (χ2n) is 6.56. The number of thiocarbonyl (C=S) groups is 1. The van der Waals surface area contributed by atoms with E-state index in [4.69, 9.17) is 21.7 Å². The number of ether oxygens (including phenoxy) is 2. The maximum Gasteiger partial charge on any atom is 0.187 e. The summed E-state index contributed by atoms with van der Waals surface area (Å²) in [5.74, 6) is 0.828. The molecule has 1 fully saturated rings. The minimum Gasteiger partial charge on any atom is -0.489 e. The van der Waals surface area contributed by atoms with Crippen LogP contribution >= 0.6 is 12.2 Å². The Bertz CT molecular complexity index is 754. The SMILES string of the molecule is Cc1ccc(COc2ccc(/C=N\NC(=S)NC[C@H]3CCCO3)cc2)cc1. The van der Waals surface area contributed by atoms with Crippen molar-refractivity contribution in [3.63, 3.8) is 0 Å². The smallest absolute Gasteiger partial charge is 0.187 e. The Kier molecular flexibility index (Phi) is 7.19. The van der Waals surface area contributed by atoms with Crippen molar-refractivity contribution in [1.29, 1.82) is 0 Å². The highest BCUT2D eigenvalue weighted by molar-refractivity contribution is 7.80. The number of rotatable bonds is 7. The van der Waals surface area contributed by atoms with Gasteiger partial charge in [-0.25, -0.2) is 0 Å². The molecule has 0 aromatic heterocycles. The Balaban J connectivity index is 1.39. The summed E-state index contributed by atoms with van der Waals surface area (Å²) in [6.45, 7) is 4.19. The fraction of sp³-hybridized carbons (Fsp3) is 0.333. The Morgan fingerprint density at radius 2 is 2.00 bits per heavy atom. The van der Waals surface area contributed by atoms with Crippen molar-refractivity contribution in [2.75, 3.05) is 13.2 Å². The van der Waals surface area contributed by atoms with Crippen LogP contribution in [0.3, 0.4) is 0 Å². The molecule has 0 saturated carbocycles. The summed E-state index contributed by atoms with van der Waals surface area (Å²) in [7, 11) is 0. The zero-order valence-corrected chi connectivity index (χ0v) is 16.3. The Morgan fingerprint density at radius 3 is 2.70 bits per heavy atom. The van der Waals surface area contributed by atoms with Crippen LogP contribution in [-0.2, 0) is 11.3 Å². The van der Waals surface area contributed by atoms with Crippen molar-refractivity contribution in [3.05, 3.63) is 65.2 Å². The molecule has 1 heterocycles. The fourth-order valence-corrected chi connectivity index (χ4v) is 2.85. The lowest BCUT2D eigenvalue weighted by Gasteiger charge is -2.11. The normalized spacial score (nSPS) is 16.4. The molecule has 27 heavy (non-hydrogen) atoms. The maximum atomic E-state index is 5.81. The van der Waals surface area contributed by atoms with Gasteiger partial charge in [0, 0.05) is 13.2 Å². The molecule has 1 saturated heterocycles. The van der Waals surface area contributed by atoms with Gasteiger partial charge in [0.05, 0.1) is 12.3 Å². The minimum atomic E-state index is 0.251. The first kappa shape index (κ1) is 19.3. The third kappa shape index (κ3) is 6.66. The summed E-state index contributed by atoms with van der Waals surface area (Å²) in [6.07, 6.45) is 4.18. The van der Waals surface area contributed by atoms with E-state index in [9.17, 15) is 0 Å². The summed E-state index contributed by atoms with van der Waals surface area (Å²) in [5, 5.41) is 7.77. The van der Waals surface area contributed by atoms with Gasteiger partial charge >= 0.3 is 0 Å². The number of aryl methyl sites for hydroxylation is 1. The zero-order valence-electron chi connectivity index (χ0n) is 15.5. The number of nitrogens with zero attached hydrogens (tertiary/aromatic N) is 1. The molecular weight excluding hydrogens is 358 g/mol. The molecule has 3 rings (SSSR count). The standard InChI is InChI=1S/C21H25N3O2S/c1-16-4-6-18(7-5-16)15-26-19-10-8-17(9-11-19)13-23-24-21(27)22-14-20-3-2-12-25-20/h4-11,13,20H,2-3,12,14-15H2,1H3,(H2,22,24,27)/b23-13-/t20-/m1/s1. The van der Waals surface area contributed by atoms with E-state index < -0.39 is 0 Å². The molecule has 0 aliphatic carbocycles. The number of hydrogen-bond acceptors (Lipinski definition) is 4. The van der Waals surface area contributed by atoms with Gasteiger partial charge in [-0.05, 0) is 67.4 Å². The number of nitrogens with one attached hydrogen (secondary N) is 2. The van der Waals surface area contributed by atoms with Gasteiger partial charge in [-0.1, -0.05) is 29.8 Å². The van der Waals surface area contributed by atoms with Gasteiger partial charge in [0.25, 0.3) is 0 Å². The molecule has 0 spiro atoms. The molecule has 6 heteroatoms. The van der Waals surface area contributed by atoms with E-state index in [0.717, 1.165) is 36.3 Å². The van der Waals surface area contributed by atoms with E-state index in [1.807, 2.05) is 24.3 Å². The van der Waals surface area contributed by atoms with E-state index in [1.165, 1.54) is 5.56 Å².